The van der Waals surface area contributed by atoms with E-state index < -0.39 is 76.3 Å². The second-order valence-electron chi connectivity index (χ2n) is 26.0. The summed E-state index contributed by atoms with van der Waals surface area (Å²) < 4.78 is 11.2. The van der Waals surface area contributed by atoms with E-state index in [-0.39, 0.29) is 187 Å². The number of amides is 10. The summed E-state index contributed by atoms with van der Waals surface area (Å²) in [6.07, 6.45) is 8.94. The molecular weight excluding hydrogens is 1380 g/mol. The van der Waals surface area contributed by atoms with Gasteiger partial charge in [0.1, 0.15) is 23.0 Å². The second kappa shape index (κ2) is 45.9. The lowest BCUT2D eigenvalue weighted by atomic mass is 10.0. The van der Waals surface area contributed by atoms with Crippen molar-refractivity contribution in [2.24, 2.45) is 0 Å². The monoisotopic (exact) mass is 1480 g/mol. The molecule has 31 heteroatoms. The van der Waals surface area contributed by atoms with E-state index in [2.05, 4.69) is 53.2 Å². The van der Waals surface area contributed by atoms with Gasteiger partial charge in [-0.1, -0.05) is 49.9 Å². The molecule has 0 aliphatic carbocycles. The number of hydrogen-bond donors (Lipinski definition) is 14. The third-order valence-corrected chi connectivity index (χ3v) is 18.6. The first-order valence-electron chi connectivity index (χ1n) is 36.6. The van der Waals surface area contributed by atoms with E-state index in [0.29, 0.717) is 83.9 Å². The molecule has 105 heavy (non-hydrogen) atoms. The molecule has 574 valence electrons. The number of hydrogen-bond acceptors (Lipinski definition) is 20. The molecule has 3 unspecified atom stereocenters. The van der Waals surface area contributed by atoms with Gasteiger partial charge in [0, 0.05) is 169 Å². The fourth-order valence-corrected chi connectivity index (χ4v) is 12.5. The average molecular weight is 1480 g/mol. The van der Waals surface area contributed by atoms with Crippen LogP contribution in [0.3, 0.4) is 0 Å². The van der Waals surface area contributed by atoms with Crippen LogP contribution < -0.4 is 53.2 Å². The van der Waals surface area contributed by atoms with Crippen LogP contribution in [-0.2, 0) is 19.1 Å². The fraction of sp³-hybridized carbons (Fsp3) is 0.541. The van der Waals surface area contributed by atoms with E-state index in [4.69, 9.17) is 21.1 Å². The smallest absolute Gasteiger partial charge is 0.255 e. The highest BCUT2D eigenvalue weighted by atomic mass is 35.5. The molecule has 0 saturated heterocycles. The number of rotatable bonds is 24. The Labute approximate surface area is 618 Å². The minimum absolute atomic E-state index is 0.00227. The zero-order chi connectivity index (χ0) is 75.1. The summed E-state index contributed by atoms with van der Waals surface area (Å²) in [6, 6.07) is 16.3. The molecule has 0 spiro atoms. The van der Waals surface area contributed by atoms with E-state index in [9.17, 15) is 68.4 Å². The van der Waals surface area contributed by atoms with Gasteiger partial charge in [-0.15, -0.1) is 11.6 Å². The second-order valence-corrected chi connectivity index (χ2v) is 26.4. The van der Waals surface area contributed by atoms with Gasteiger partial charge in [-0.25, -0.2) is 0 Å². The highest BCUT2D eigenvalue weighted by Gasteiger charge is 2.27. The van der Waals surface area contributed by atoms with Crippen molar-refractivity contribution in [3.63, 3.8) is 0 Å². The van der Waals surface area contributed by atoms with Gasteiger partial charge in [-0.05, 0) is 93.5 Å². The maximum absolute atomic E-state index is 14.6. The molecule has 3 atom stereocenters. The number of carbonyl (C=O) groups is 10. The quantitative estimate of drug-likeness (QED) is 0.0354. The predicted molar refractivity (Wildman–Crippen MR) is 394 cm³/mol. The summed E-state index contributed by atoms with van der Waals surface area (Å²) in [5, 5.41) is 75.1. The standard InChI is InChI=1S/C74H105ClN14O16/c75-26-8-3-4-10-47-104-49-50-105-48-35-77-62(91)25-6-2-1-5-24-61(90)76-27-9-7-15-52-51-89-42-34-84-72(101)58-21-13-20-57(65(58)94)69(98)80-30-38-87(39-31-83-73(102)59-22-14-23-60(66(59)95)74(103)85-52)44-43-86-36-28-78-67(96)53-16-11-18-55(63(53)92)70(99)81-32-40-88(45-46-89)41-33-82-71(100)56-19-12-17-54(64(56)93)68(97)79-29-37-86/h11-14,16-23,52,92-95H,1-10,15,24-51H2,(H,76,90)(H,77,91)(H,78,96)(H,79,97)(H,80,98)(H,81,99)(H,82,100)(H,83,102)(H,84,101)(H,85,103). The van der Waals surface area contributed by atoms with Crippen LogP contribution in [0.5, 0.6) is 23.0 Å². The Morgan fingerprint density at radius 3 is 1.03 bits per heavy atom. The number of phenols is 4. The summed E-state index contributed by atoms with van der Waals surface area (Å²) in [6.45, 7) is 4.57. The number of fused-ring (bicyclic) bond motifs is 16. The molecule has 4 aromatic rings. The number of para-hydroxylation sites is 4. The van der Waals surface area contributed by atoms with Crippen LogP contribution in [0.15, 0.2) is 72.8 Å². The third-order valence-electron chi connectivity index (χ3n) is 18.3. The van der Waals surface area contributed by atoms with Crippen molar-refractivity contribution in [2.75, 3.05) is 170 Å². The average Bonchev–Trinajstić information content (AvgIpc) is 0.847. The molecule has 4 aromatic carbocycles. The SMILES string of the molecule is O=C(CCCCCCC(=O)NCCOCCOCCCCCCCl)NCCCCC1CN2CCNC(=O)c3cccc(c3O)C(=O)NCCN(CCNC(=O)c3cccc(c3O)C(=O)N1)CCN1CCNC(=O)c3cccc(c3O)C(=O)NCCN(CCNC(=O)c3cccc(c3O)C(=O)NCC1)CC2. The number of carbonyl (C=O) groups excluding carboxylic acids is 10. The molecule has 4 heterocycles. The summed E-state index contributed by atoms with van der Waals surface area (Å²) in [5.41, 5.74) is -1.34. The Morgan fingerprint density at radius 2 is 0.667 bits per heavy atom. The van der Waals surface area contributed by atoms with Crippen molar-refractivity contribution in [1.29, 1.82) is 0 Å². The number of aromatic hydroxyl groups is 4. The van der Waals surface area contributed by atoms with Crippen LogP contribution in [0.2, 0.25) is 0 Å². The Balaban J connectivity index is 1.12. The first kappa shape index (κ1) is 83.1. The van der Waals surface area contributed by atoms with Gasteiger partial charge in [0.15, 0.2) is 0 Å². The maximum Gasteiger partial charge on any atom is 0.255 e. The Hall–Kier alpha value is -9.17. The first-order chi connectivity index (χ1) is 50.9. The lowest BCUT2D eigenvalue weighted by molar-refractivity contribution is -0.122. The van der Waals surface area contributed by atoms with Crippen molar-refractivity contribution in [3.8, 4) is 23.0 Å². The van der Waals surface area contributed by atoms with E-state index in [1.165, 1.54) is 72.8 Å². The van der Waals surface area contributed by atoms with Crippen LogP contribution in [0.1, 0.15) is 166 Å². The molecular formula is C74H105ClN14O16. The number of nitrogens with zero attached hydrogens (tertiary/aromatic N) is 4. The van der Waals surface area contributed by atoms with Gasteiger partial charge < -0.3 is 83.1 Å². The Bertz CT molecular complexity index is 3440. The zero-order valence-corrected chi connectivity index (χ0v) is 60.7. The Kier molecular flexibility index (Phi) is 36.4. The van der Waals surface area contributed by atoms with Gasteiger partial charge >= 0.3 is 0 Å². The van der Waals surface area contributed by atoms with Gasteiger partial charge in [0.05, 0.1) is 64.3 Å². The molecule has 0 fully saturated rings. The van der Waals surface area contributed by atoms with Gasteiger partial charge in [0.2, 0.25) is 11.8 Å². The highest BCUT2D eigenvalue weighted by Crippen LogP contribution is 2.27. The number of nitrogens with one attached hydrogen (secondary N) is 10. The van der Waals surface area contributed by atoms with Crippen LogP contribution in [0, 0.1) is 0 Å². The van der Waals surface area contributed by atoms with Crippen LogP contribution in [0.25, 0.3) is 0 Å². The minimum Gasteiger partial charge on any atom is -0.506 e. The summed E-state index contributed by atoms with van der Waals surface area (Å²) in [4.78, 5) is 145. The molecule has 12 bridgehead atoms. The molecule has 30 nitrogen and oxygen atoms in total. The number of phenolic OH excluding ortho intramolecular Hbond substituents is 4. The van der Waals surface area contributed by atoms with Crippen molar-refractivity contribution < 1.29 is 77.8 Å². The fourth-order valence-electron chi connectivity index (χ4n) is 12.3. The summed E-state index contributed by atoms with van der Waals surface area (Å²) in [7, 11) is 0. The highest BCUT2D eigenvalue weighted by molar-refractivity contribution is 6.17. The van der Waals surface area contributed by atoms with Gasteiger partial charge in [-0.3, -0.25) is 67.5 Å². The topological polar surface area (TPSA) is 403 Å². The molecule has 8 rings (SSSR count). The third kappa shape index (κ3) is 28.3. The van der Waals surface area contributed by atoms with Gasteiger partial charge in [-0.2, -0.15) is 0 Å². The normalized spacial score (nSPS) is 19.7. The van der Waals surface area contributed by atoms with Crippen molar-refractivity contribution in [1.82, 2.24) is 72.8 Å². The number of benzene rings is 4. The first-order valence-corrected chi connectivity index (χ1v) is 37.2. The molecule has 14 N–H and O–H groups in total. The lowest BCUT2D eigenvalue weighted by Crippen LogP contribution is -2.49. The largest absolute Gasteiger partial charge is 0.506 e. The molecule has 10 amide bonds. The molecule has 4 aliphatic rings. The number of ether oxygens (including phenoxy) is 2. The van der Waals surface area contributed by atoms with Crippen LogP contribution in [-0.4, -0.2) is 275 Å². The number of unbranched alkanes of at least 4 members (excludes halogenated alkanes) is 7. The maximum atomic E-state index is 14.6. The van der Waals surface area contributed by atoms with Crippen LogP contribution >= 0.6 is 11.6 Å². The lowest BCUT2D eigenvalue weighted by Gasteiger charge is -2.31. The van der Waals surface area contributed by atoms with Crippen molar-refractivity contribution in [2.45, 2.75) is 89.5 Å². The molecule has 0 radical (unpaired) electrons. The predicted octanol–water partition coefficient (Wildman–Crippen LogP) is 2.64. The zero-order valence-electron chi connectivity index (χ0n) is 59.9. The molecule has 0 saturated carbocycles. The number of alkyl halides is 1. The van der Waals surface area contributed by atoms with E-state index in [1.807, 2.05) is 19.6 Å². The van der Waals surface area contributed by atoms with Crippen LogP contribution in [0.4, 0.5) is 0 Å². The van der Waals surface area contributed by atoms with E-state index in [1.54, 1.807) is 0 Å². The summed E-state index contributed by atoms with van der Waals surface area (Å²) in [5.74, 6) is -7.18. The molecule has 0 aromatic heterocycles. The number of halogens is 1. The Morgan fingerprint density at radius 1 is 0.362 bits per heavy atom. The van der Waals surface area contributed by atoms with Gasteiger partial charge in [0.25, 0.3) is 47.3 Å². The minimum atomic E-state index is -0.705. The van der Waals surface area contributed by atoms with Crippen molar-refractivity contribution in [3.05, 3.63) is 117 Å². The van der Waals surface area contributed by atoms with E-state index in [0.717, 1.165) is 38.5 Å². The van der Waals surface area contributed by atoms with Crippen molar-refractivity contribution >= 4 is 70.7 Å². The molecule has 4 aliphatic heterocycles. The van der Waals surface area contributed by atoms with E-state index >= 15 is 0 Å². The summed E-state index contributed by atoms with van der Waals surface area (Å²) >= 11 is 5.72.